The highest BCUT2D eigenvalue weighted by Crippen LogP contribution is 2.69. The highest BCUT2D eigenvalue weighted by Gasteiger charge is 2.80. The lowest BCUT2D eigenvalue weighted by molar-refractivity contribution is -0.292. The molecule has 2 fully saturated rings. The third-order valence-corrected chi connectivity index (χ3v) is 6.12. The van der Waals surface area contributed by atoms with Gasteiger partial charge in [0.05, 0.1) is 24.1 Å². The Bertz CT molecular complexity index is 1070. The quantitative estimate of drug-likeness (QED) is 0.855. The monoisotopic (exact) mass is 382 g/mol. The van der Waals surface area contributed by atoms with Crippen molar-refractivity contribution in [2.24, 2.45) is 16.7 Å². The van der Waals surface area contributed by atoms with Crippen LogP contribution in [0.3, 0.4) is 0 Å². The molecule has 1 N–H and O–H groups in total. The third-order valence-electron chi connectivity index (χ3n) is 6.12. The number of nitrogens with zero attached hydrogens (tertiary/aromatic N) is 3. The predicted octanol–water partition coefficient (Wildman–Crippen LogP) is 4.19. The second-order valence-corrected chi connectivity index (χ2v) is 7.29. The van der Waals surface area contributed by atoms with E-state index in [0.29, 0.717) is 17.5 Å². The lowest BCUT2D eigenvalue weighted by Crippen LogP contribution is -2.58. The van der Waals surface area contributed by atoms with E-state index >= 15 is 0 Å². The number of ether oxygens (including phenoxy) is 2. The van der Waals surface area contributed by atoms with Crippen molar-refractivity contribution in [1.29, 1.82) is 21.2 Å². The average Bonchev–Trinajstić information content (AvgIpc) is 2.99. The first-order chi connectivity index (χ1) is 14.1. The predicted molar refractivity (Wildman–Crippen MR) is 103 cm³/mol. The highest BCUT2D eigenvalue weighted by molar-refractivity contribution is 5.89. The largest absolute Gasteiger partial charge is 0.443 e. The topological polar surface area (TPSA) is 114 Å². The van der Waals surface area contributed by atoms with Gasteiger partial charge in [0.15, 0.2) is 5.41 Å². The molecule has 2 aromatic rings. The molecule has 0 aromatic heterocycles. The first-order valence-corrected chi connectivity index (χ1v) is 9.36. The zero-order valence-corrected chi connectivity index (χ0v) is 15.8. The van der Waals surface area contributed by atoms with Gasteiger partial charge in [0.25, 0.3) is 0 Å². The molecule has 0 radical (unpaired) electrons. The fourth-order valence-corrected chi connectivity index (χ4v) is 4.83. The molecule has 6 nitrogen and oxygen atoms in total. The molecule has 0 saturated carbocycles. The summed E-state index contributed by atoms with van der Waals surface area (Å²) in [4.78, 5) is 0. The van der Waals surface area contributed by atoms with Crippen LogP contribution in [0, 0.1) is 56.2 Å². The van der Waals surface area contributed by atoms with Crippen LogP contribution in [0.15, 0.2) is 60.7 Å². The van der Waals surface area contributed by atoms with Gasteiger partial charge in [-0.3, -0.25) is 5.41 Å². The maximum absolute atomic E-state index is 10.3. The van der Waals surface area contributed by atoms with E-state index in [1.54, 1.807) is 24.3 Å². The van der Waals surface area contributed by atoms with E-state index in [2.05, 4.69) is 18.2 Å². The number of rotatable bonds is 3. The van der Waals surface area contributed by atoms with Crippen molar-refractivity contribution in [2.75, 3.05) is 0 Å². The molecular formula is C23H18N4O2. The van der Waals surface area contributed by atoms with Gasteiger partial charge < -0.3 is 9.47 Å². The van der Waals surface area contributed by atoms with Gasteiger partial charge in [-0.05, 0) is 12.0 Å². The fourth-order valence-electron chi connectivity index (χ4n) is 4.83. The number of benzene rings is 2. The first-order valence-electron chi connectivity index (χ1n) is 9.36. The molecule has 2 aliphatic rings. The first kappa shape index (κ1) is 18.7. The second-order valence-electron chi connectivity index (χ2n) is 7.29. The van der Waals surface area contributed by atoms with Crippen LogP contribution in [0.5, 0.6) is 0 Å². The maximum Gasteiger partial charge on any atom is 0.244 e. The van der Waals surface area contributed by atoms with Crippen molar-refractivity contribution in [3.05, 3.63) is 71.8 Å². The van der Waals surface area contributed by atoms with Crippen molar-refractivity contribution in [2.45, 2.75) is 25.2 Å². The molecule has 29 heavy (non-hydrogen) atoms. The van der Waals surface area contributed by atoms with Gasteiger partial charge in [-0.2, -0.15) is 15.8 Å². The fraction of sp³-hybridized carbons (Fsp3) is 0.304. The standard InChI is InChI=1S/C23H18N4O2/c1-2-18-22(15-26)20(27)29-23(18,17-11-7-4-8-12-17)28-19(21(22,13-24)14-25)16-9-5-3-6-10-16/h3-12,18-19,27H,2H2,1H3. The van der Waals surface area contributed by atoms with Gasteiger partial charge in [-0.25, -0.2) is 0 Å². The molecule has 6 heteroatoms. The summed E-state index contributed by atoms with van der Waals surface area (Å²) in [5.74, 6) is -2.52. The Labute approximate surface area is 169 Å². The Hall–Kier alpha value is -3.66. The Morgan fingerprint density at radius 2 is 1.52 bits per heavy atom. The Morgan fingerprint density at radius 3 is 2.03 bits per heavy atom. The van der Waals surface area contributed by atoms with Crippen molar-refractivity contribution in [3.8, 4) is 18.2 Å². The number of fused-ring (bicyclic) bond motifs is 2. The van der Waals surface area contributed by atoms with Crippen molar-refractivity contribution in [3.63, 3.8) is 0 Å². The lowest BCUT2D eigenvalue weighted by atomic mass is 9.52. The minimum Gasteiger partial charge on any atom is -0.443 e. The molecular weight excluding hydrogens is 364 g/mol. The van der Waals surface area contributed by atoms with Crippen LogP contribution in [-0.4, -0.2) is 5.90 Å². The summed E-state index contributed by atoms with van der Waals surface area (Å²) in [6.07, 6.45) is -0.679. The number of nitrogens with one attached hydrogen (secondary N) is 1. The Balaban J connectivity index is 2.08. The number of nitriles is 3. The van der Waals surface area contributed by atoms with Crippen LogP contribution in [0.2, 0.25) is 0 Å². The average molecular weight is 382 g/mol. The number of hydrogen-bond donors (Lipinski definition) is 1. The minimum absolute atomic E-state index is 0.386. The van der Waals surface area contributed by atoms with E-state index in [0.717, 1.165) is 0 Å². The van der Waals surface area contributed by atoms with Crippen LogP contribution < -0.4 is 0 Å². The number of hydrogen-bond acceptors (Lipinski definition) is 6. The highest BCUT2D eigenvalue weighted by atomic mass is 16.7. The van der Waals surface area contributed by atoms with Gasteiger partial charge in [-0.15, -0.1) is 0 Å². The summed E-state index contributed by atoms with van der Waals surface area (Å²) in [6.45, 7) is 1.85. The van der Waals surface area contributed by atoms with Gasteiger partial charge >= 0.3 is 0 Å². The zero-order chi connectivity index (χ0) is 20.7. The molecule has 142 valence electrons. The van der Waals surface area contributed by atoms with Crippen molar-refractivity contribution < 1.29 is 9.47 Å². The van der Waals surface area contributed by atoms with E-state index in [1.165, 1.54) is 0 Å². The van der Waals surface area contributed by atoms with Crippen molar-refractivity contribution >= 4 is 5.90 Å². The molecule has 2 saturated heterocycles. The molecule has 0 aliphatic carbocycles. The van der Waals surface area contributed by atoms with Gasteiger partial charge in [0, 0.05) is 5.56 Å². The molecule has 2 bridgehead atoms. The van der Waals surface area contributed by atoms with Crippen LogP contribution in [0.1, 0.15) is 30.6 Å². The third kappa shape index (κ3) is 2.08. The Morgan fingerprint density at radius 1 is 0.931 bits per heavy atom. The van der Waals surface area contributed by atoms with Crippen LogP contribution in [0.4, 0.5) is 0 Å². The second kappa shape index (κ2) is 6.45. The summed E-state index contributed by atoms with van der Waals surface area (Å²) < 4.78 is 12.5. The summed E-state index contributed by atoms with van der Waals surface area (Å²) in [5.41, 5.74) is -2.46. The van der Waals surface area contributed by atoms with Gasteiger partial charge in [0.1, 0.15) is 6.10 Å². The maximum atomic E-state index is 10.3. The molecule has 0 amide bonds. The summed E-state index contributed by atoms with van der Waals surface area (Å²) in [5, 5.41) is 39.4. The smallest absolute Gasteiger partial charge is 0.244 e. The lowest BCUT2D eigenvalue weighted by Gasteiger charge is -2.49. The summed E-state index contributed by atoms with van der Waals surface area (Å²) in [6, 6.07) is 24.4. The van der Waals surface area contributed by atoms with Crippen molar-refractivity contribution in [1.82, 2.24) is 0 Å². The van der Waals surface area contributed by atoms with Gasteiger partial charge in [0.2, 0.25) is 17.1 Å². The summed E-state index contributed by atoms with van der Waals surface area (Å²) in [7, 11) is 0. The molecule has 2 aliphatic heterocycles. The Kier molecular flexibility index (Phi) is 4.16. The molecule has 4 unspecified atom stereocenters. The zero-order valence-electron chi connectivity index (χ0n) is 15.8. The molecule has 0 spiro atoms. The van der Waals surface area contributed by atoms with Crippen LogP contribution in [-0.2, 0) is 15.3 Å². The molecule has 4 atom stereocenters. The van der Waals surface area contributed by atoms with E-state index in [9.17, 15) is 15.8 Å². The minimum atomic E-state index is -1.93. The van der Waals surface area contributed by atoms with E-state index in [1.807, 2.05) is 43.3 Å². The van der Waals surface area contributed by atoms with Crippen LogP contribution >= 0.6 is 0 Å². The van der Waals surface area contributed by atoms with E-state index in [4.69, 9.17) is 14.9 Å². The summed E-state index contributed by atoms with van der Waals surface area (Å²) >= 11 is 0. The molecule has 2 aromatic carbocycles. The molecule has 4 rings (SSSR count). The van der Waals surface area contributed by atoms with Crippen LogP contribution in [0.25, 0.3) is 0 Å². The normalized spacial score (nSPS) is 31.7. The van der Waals surface area contributed by atoms with E-state index < -0.39 is 34.5 Å². The van der Waals surface area contributed by atoms with E-state index in [-0.39, 0.29) is 0 Å². The van der Waals surface area contributed by atoms with Gasteiger partial charge in [-0.1, -0.05) is 67.6 Å². The molecule has 2 heterocycles. The SMILES string of the molecule is CCC1C2(c3ccccc3)OC(=N)C1(C#N)C(C#N)(C#N)C(c1ccccc1)O2.